The Labute approximate surface area is 142 Å². The molecule has 0 spiro atoms. The van der Waals surface area contributed by atoms with E-state index in [1.165, 1.54) is 4.90 Å². The highest BCUT2D eigenvalue weighted by molar-refractivity contribution is 5.79. The smallest absolute Gasteiger partial charge is 0.410 e. The minimum atomic E-state index is -1.29. The number of hydrogen-bond donors (Lipinski definition) is 1. The molecule has 1 fully saturated rings. The van der Waals surface area contributed by atoms with Crippen molar-refractivity contribution in [2.24, 2.45) is 0 Å². The third-order valence-electron chi connectivity index (χ3n) is 4.13. The molecule has 1 N–H and O–H groups in total. The summed E-state index contributed by atoms with van der Waals surface area (Å²) in [7, 11) is 0. The van der Waals surface area contributed by atoms with Crippen LogP contribution >= 0.6 is 0 Å². The zero-order chi connectivity index (χ0) is 17.4. The number of nitrogens with zero attached hydrogens (tertiary/aromatic N) is 2. The van der Waals surface area contributed by atoms with Gasteiger partial charge < -0.3 is 9.64 Å². The Kier molecular flexibility index (Phi) is 6.19. The Morgan fingerprint density at radius 2 is 2.12 bits per heavy atom. The Balaban J connectivity index is 1.97. The molecule has 0 aromatic heterocycles. The van der Waals surface area contributed by atoms with E-state index >= 15 is 0 Å². The Hall–Kier alpha value is -2.55. The van der Waals surface area contributed by atoms with Crippen LogP contribution in [-0.4, -0.2) is 29.1 Å². The van der Waals surface area contributed by atoms with Crippen molar-refractivity contribution in [3.05, 3.63) is 35.9 Å². The number of amides is 2. The lowest BCUT2D eigenvalue weighted by molar-refractivity contribution is -0.134. The summed E-state index contributed by atoms with van der Waals surface area (Å²) in [6, 6.07) is 11.4. The van der Waals surface area contributed by atoms with E-state index in [2.05, 4.69) is 11.4 Å². The van der Waals surface area contributed by atoms with Crippen molar-refractivity contribution < 1.29 is 14.3 Å². The molecule has 0 bridgehead atoms. The molecule has 128 valence electrons. The van der Waals surface area contributed by atoms with Gasteiger partial charge in [0, 0.05) is 19.4 Å². The summed E-state index contributed by atoms with van der Waals surface area (Å²) in [6.07, 6.45) is 2.49. The number of nitriles is 1. The summed E-state index contributed by atoms with van der Waals surface area (Å²) in [5.74, 6) is -0.0979. The summed E-state index contributed by atoms with van der Waals surface area (Å²) < 4.78 is 5.19. The molecule has 24 heavy (non-hydrogen) atoms. The van der Waals surface area contributed by atoms with Crippen LogP contribution in [0, 0.1) is 11.3 Å². The van der Waals surface area contributed by atoms with Crippen molar-refractivity contribution in [1.82, 2.24) is 10.2 Å². The lowest BCUT2D eigenvalue weighted by Crippen LogP contribution is -2.58. The van der Waals surface area contributed by atoms with Crippen molar-refractivity contribution >= 4 is 12.0 Å². The summed E-state index contributed by atoms with van der Waals surface area (Å²) in [5.41, 5.74) is -0.431. The monoisotopic (exact) mass is 329 g/mol. The minimum absolute atomic E-state index is 0.0979. The molecule has 0 saturated carbocycles. The molecule has 1 unspecified atom stereocenters. The van der Waals surface area contributed by atoms with E-state index < -0.39 is 11.8 Å². The second-order valence-electron chi connectivity index (χ2n) is 5.91. The first-order valence-corrected chi connectivity index (χ1v) is 8.32. The summed E-state index contributed by atoms with van der Waals surface area (Å²) in [4.78, 5) is 25.9. The first kappa shape index (κ1) is 17.8. The van der Waals surface area contributed by atoms with Gasteiger partial charge in [-0.1, -0.05) is 43.7 Å². The number of hydrogen-bond acceptors (Lipinski definition) is 4. The van der Waals surface area contributed by atoms with Gasteiger partial charge in [-0.3, -0.25) is 10.1 Å². The molecular weight excluding hydrogens is 306 g/mol. The number of alkyl carbamates (subject to hydrolysis) is 1. The van der Waals surface area contributed by atoms with Crippen LogP contribution in [0.1, 0.15) is 44.6 Å². The lowest BCUT2D eigenvalue weighted by Gasteiger charge is -2.32. The Morgan fingerprint density at radius 1 is 1.38 bits per heavy atom. The number of benzene rings is 1. The molecule has 0 aliphatic carbocycles. The van der Waals surface area contributed by atoms with Crippen LogP contribution < -0.4 is 5.32 Å². The number of likely N-dealkylation sites (tertiary alicyclic amines) is 1. The lowest BCUT2D eigenvalue weighted by atomic mass is 10.1. The molecule has 2 amide bonds. The van der Waals surface area contributed by atoms with E-state index in [9.17, 15) is 14.9 Å². The fourth-order valence-corrected chi connectivity index (χ4v) is 2.82. The molecule has 2 rings (SSSR count). The molecule has 1 aromatic rings. The maximum absolute atomic E-state index is 12.3. The van der Waals surface area contributed by atoms with Crippen molar-refractivity contribution in [1.29, 1.82) is 5.26 Å². The molecule has 1 saturated heterocycles. The molecule has 1 aliphatic rings. The SMILES string of the molecule is CCCCC(=O)N1CCCC1(C#N)NC(=O)OCc1ccccc1. The van der Waals surface area contributed by atoms with Crippen LogP contribution in [0.2, 0.25) is 0 Å². The predicted octanol–water partition coefficient (Wildman–Crippen LogP) is 2.95. The first-order valence-electron chi connectivity index (χ1n) is 8.32. The third-order valence-corrected chi connectivity index (χ3v) is 4.13. The maximum atomic E-state index is 12.3. The molecule has 1 atom stereocenters. The zero-order valence-electron chi connectivity index (χ0n) is 14.0. The van der Waals surface area contributed by atoms with Gasteiger partial charge in [0.1, 0.15) is 12.7 Å². The fraction of sp³-hybridized carbons (Fsp3) is 0.500. The van der Waals surface area contributed by atoms with E-state index in [0.29, 0.717) is 25.8 Å². The maximum Gasteiger partial charge on any atom is 0.410 e. The van der Waals surface area contributed by atoms with Gasteiger partial charge in [-0.2, -0.15) is 5.26 Å². The van der Waals surface area contributed by atoms with Crippen LogP contribution in [0.25, 0.3) is 0 Å². The van der Waals surface area contributed by atoms with Crippen LogP contribution in [0.3, 0.4) is 0 Å². The van der Waals surface area contributed by atoms with E-state index in [1.54, 1.807) is 0 Å². The standard InChI is InChI=1S/C18H23N3O3/c1-2-3-10-16(22)21-12-7-11-18(21,14-19)20-17(23)24-13-15-8-5-4-6-9-15/h4-6,8-9H,2-3,7,10-13H2,1H3,(H,20,23). The van der Waals surface area contributed by atoms with Crippen LogP contribution in [-0.2, 0) is 16.1 Å². The van der Waals surface area contributed by atoms with Gasteiger partial charge in [0.25, 0.3) is 0 Å². The van der Waals surface area contributed by atoms with E-state index in [-0.39, 0.29) is 12.5 Å². The summed E-state index contributed by atoms with van der Waals surface area (Å²) >= 11 is 0. The third kappa shape index (κ3) is 4.25. The normalized spacial score (nSPS) is 19.6. The Bertz CT molecular complexity index is 612. The number of unbranched alkanes of at least 4 members (excludes halogenated alkanes) is 1. The molecule has 1 aromatic carbocycles. The highest BCUT2D eigenvalue weighted by atomic mass is 16.5. The van der Waals surface area contributed by atoms with Crippen LogP contribution in [0.15, 0.2) is 30.3 Å². The second kappa shape index (κ2) is 8.34. The van der Waals surface area contributed by atoms with Crippen LogP contribution in [0.4, 0.5) is 4.79 Å². The number of carbonyl (C=O) groups excluding carboxylic acids is 2. The molecule has 6 nitrogen and oxygen atoms in total. The number of nitrogens with one attached hydrogen (secondary N) is 1. The minimum Gasteiger partial charge on any atom is -0.445 e. The predicted molar refractivity (Wildman–Crippen MR) is 88.6 cm³/mol. The molecule has 6 heteroatoms. The molecule has 0 radical (unpaired) electrons. The van der Waals surface area contributed by atoms with Gasteiger partial charge in [-0.05, 0) is 18.4 Å². The molecule has 1 heterocycles. The van der Waals surface area contributed by atoms with Crippen molar-refractivity contribution in [3.8, 4) is 6.07 Å². The van der Waals surface area contributed by atoms with Crippen molar-refractivity contribution in [2.45, 2.75) is 51.3 Å². The molecular formula is C18H23N3O3. The number of rotatable bonds is 6. The fourth-order valence-electron chi connectivity index (χ4n) is 2.82. The van der Waals surface area contributed by atoms with Gasteiger partial charge in [-0.25, -0.2) is 4.79 Å². The van der Waals surface area contributed by atoms with E-state index in [0.717, 1.165) is 18.4 Å². The summed E-state index contributed by atoms with van der Waals surface area (Å²) in [6.45, 7) is 2.61. The van der Waals surface area contributed by atoms with Gasteiger partial charge in [0.2, 0.25) is 11.6 Å². The van der Waals surface area contributed by atoms with E-state index in [4.69, 9.17) is 4.74 Å². The van der Waals surface area contributed by atoms with E-state index in [1.807, 2.05) is 37.3 Å². The highest BCUT2D eigenvalue weighted by Gasteiger charge is 2.45. The van der Waals surface area contributed by atoms with Gasteiger partial charge in [-0.15, -0.1) is 0 Å². The first-order chi connectivity index (χ1) is 11.6. The zero-order valence-corrected chi connectivity index (χ0v) is 14.0. The number of carbonyl (C=O) groups is 2. The Morgan fingerprint density at radius 3 is 2.79 bits per heavy atom. The van der Waals surface area contributed by atoms with Gasteiger partial charge in [0.15, 0.2) is 0 Å². The highest BCUT2D eigenvalue weighted by Crippen LogP contribution is 2.27. The summed E-state index contributed by atoms with van der Waals surface area (Å²) in [5, 5.41) is 12.2. The second-order valence-corrected chi connectivity index (χ2v) is 5.91. The van der Waals surface area contributed by atoms with Gasteiger partial charge in [0.05, 0.1) is 0 Å². The average Bonchev–Trinajstić information content (AvgIpc) is 3.03. The van der Waals surface area contributed by atoms with Crippen molar-refractivity contribution in [2.75, 3.05) is 6.54 Å². The van der Waals surface area contributed by atoms with Crippen LogP contribution in [0.5, 0.6) is 0 Å². The molecule has 1 aliphatic heterocycles. The quantitative estimate of drug-likeness (QED) is 0.870. The largest absolute Gasteiger partial charge is 0.445 e. The topological polar surface area (TPSA) is 82.4 Å². The van der Waals surface area contributed by atoms with Gasteiger partial charge >= 0.3 is 6.09 Å². The van der Waals surface area contributed by atoms with Crippen molar-refractivity contribution in [3.63, 3.8) is 0 Å². The average molecular weight is 329 g/mol. The number of ether oxygens (including phenoxy) is 1.